The summed E-state index contributed by atoms with van der Waals surface area (Å²) in [6.45, 7) is 8.38. The van der Waals surface area contributed by atoms with Gasteiger partial charge in [-0.3, -0.25) is 4.79 Å². The zero-order valence-electron chi connectivity index (χ0n) is 11.7. The molecule has 1 aliphatic heterocycles. The van der Waals surface area contributed by atoms with E-state index in [1.807, 2.05) is 0 Å². The van der Waals surface area contributed by atoms with Gasteiger partial charge in [-0.05, 0) is 19.3 Å². The fraction of sp³-hybridized carbons (Fsp3) is 0.923. The minimum atomic E-state index is -0.838. The van der Waals surface area contributed by atoms with Gasteiger partial charge < -0.3 is 20.5 Å². The van der Waals surface area contributed by atoms with Crippen LogP contribution < -0.4 is 10.6 Å². The van der Waals surface area contributed by atoms with E-state index in [1.165, 1.54) is 0 Å². The first-order chi connectivity index (χ1) is 8.39. The van der Waals surface area contributed by atoms with Gasteiger partial charge in [0.15, 0.2) is 0 Å². The third-order valence-electron chi connectivity index (χ3n) is 2.93. The summed E-state index contributed by atoms with van der Waals surface area (Å²) < 4.78 is 5.46. The molecule has 2 atom stereocenters. The Morgan fingerprint density at radius 1 is 1.61 bits per heavy atom. The van der Waals surface area contributed by atoms with Crippen molar-refractivity contribution < 1.29 is 14.6 Å². The summed E-state index contributed by atoms with van der Waals surface area (Å²) >= 11 is 0. The van der Waals surface area contributed by atoms with Crippen molar-refractivity contribution in [1.82, 2.24) is 10.6 Å². The molecule has 1 amide bonds. The summed E-state index contributed by atoms with van der Waals surface area (Å²) in [7, 11) is 0. The van der Waals surface area contributed by atoms with E-state index in [1.54, 1.807) is 6.92 Å². The van der Waals surface area contributed by atoms with Crippen LogP contribution >= 0.6 is 0 Å². The van der Waals surface area contributed by atoms with Gasteiger partial charge in [-0.15, -0.1) is 0 Å². The first kappa shape index (κ1) is 15.4. The third-order valence-corrected chi connectivity index (χ3v) is 2.93. The number of aliphatic hydroxyl groups is 1. The predicted octanol–water partition coefficient (Wildman–Crippen LogP) is 0.278. The maximum atomic E-state index is 11.7. The van der Waals surface area contributed by atoms with E-state index in [2.05, 4.69) is 24.5 Å². The zero-order chi connectivity index (χ0) is 13.6. The van der Waals surface area contributed by atoms with Gasteiger partial charge in [0.1, 0.15) is 0 Å². The van der Waals surface area contributed by atoms with Gasteiger partial charge in [0, 0.05) is 19.6 Å². The summed E-state index contributed by atoms with van der Waals surface area (Å²) in [5, 5.41) is 16.0. The molecule has 3 N–H and O–H groups in total. The lowest BCUT2D eigenvalue weighted by Gasteiger charge is -2.27. The molecule has 0 spiro atoms. The Hall–Kier alpha value is -0.650. The van der Waals surface area contributed by atoms with E-state index in [-0.39, 0.29) is 12.0 Å². The molecule has 18 heavy (non-hydrogen) atoms. The van der Waals surface area contributed by atoms with Crippen molar-refractivity contribution in [2.24, 2.45) is 5.92 Å². The minimum Gasteiger partial charge on any atom is -0.388 e. The summed E-state index contributed by atoms with van der Waals surface area (Å²) in [6.07, 6.45) is 0.980. The first-order valence-corrected chi connectivity index (χ1v) is 6.70. The van der Waals surface area contributed by atoms with Gasteiger partial charge in [-0.2, -0.15) is 0 Å². The number of rotatable bonds is 6. The molecule has 1 heterocycles. The molecule has 1 aliphatic rings. The number of morpholine rings is 1. The molecule has 5 heteroatoms. The van der Waals surface area contributed by atoms with Gasteiger partial charge in [-0.1, -0.05) is 13.8 Å². The van der Waals surface area contributed by atoms with Gasteiger partial charge in [0.2, 0.25) is 5.91 Å². The van der Waals surface area contributed by atoms with Gasteiger partial charge >= 0.3 is 0 Å². The van der Waals surface area contributed by atoms with Crippen LogP contribution in [0.1, 0.15) is 33.6 Å². The van der Waals surface area contributed by atoms with Crippen LogP contribution in [0.4, 0.5) is 0 Å². The quantitative estimate of drug-likeness (QED) is 0.640. The standard InChI is InChI=1S/C13H26N2O3/c1-10(2)7-13(3,17)9-15-12(16)6-11-8-14-4-5-18-11/h10-11,14,17H,4-9H2,1-3H3,(H,15,16). The maximum absolute atomic E-state index is 11.7. The summed E-state index contributed by atoms with van der Waals surface area (Å²) in [4.78, 5) is 11.7. The van der Waals surface area contributed by atoms with E-state index in [9.17, 15) is 9.90 Å². The van der Waals surface area contributed by atoms with Crippen molar-refractivity contribution in [3.05, 3.63) is 0 Å². The molecule has 0 aliphatic carbocycles. The molecule has 0 aromatic carbocycles. The van der Waals surface area contributed by atoms with Crippen molar-refractivity contribution in [3.8, 4) is 0 Å². The molecule has 1 fully saturated rings. The van der Waals surface area contributed by atoms with Crippen molar-refractivity contribution in [3.63, 3.8) is 0 Å². The minimum absolute atomic E-state index is 0.0474. The molecule has 5 nitrogen and oxygen atoms in total. The Morgan fingerprint density at radius 3 is 2.89 bits per heavy atom. The number of amides is 1. The molecule has 0 aromatic heterocycles. The van der Waals surface area contributed by atoms with Crippen LogP contribution in [0.5, 0.6) is 0 Å². The van der Waals surface area contributed by atoms with E-state index in [4.69, 9.17) is 4.74 Å². The average molecular weight is 258 g/mol. The zero-order valence-corrected chi connectivity index (χ0v) is 11.7. The lowest BCUT2D eigenvalue weighted by Crippen LogP contribution is -2.45. The monoisotopic (exact) mass is 258 g/mol. The molecule has 0 radical (unpaired) electrons. The number of nitrogens with one attached hydrogen (secondary N) is 2. The fourth-order valence-electron chi connectivity index (χ4n) is 2.27. The van der Waals surface area contributed by atoms with Gasteiger partial charge in [0.25, 0.3) is 0 Å². The SMILES string of the molecule is CC(C)CC(C)(O)CNC(=O)CC1CNCCO1. The smallest absolute Gasteiger partial charge is 0.222 e. The Balaban J connectivity index is 2.23. The number of carbonyl (C=O) groups is 1. The summed E-state index contributed by atoms with van der Waals surface area (Å²) in [6, 6.07) is 0. The highest BCUT2D eigenvalue weighted by Gasteiger charge is 2.23. The lowest BCUT2D eigenvalue weighted by atomic mass is 9.94. The Morgan fingerprint density at radius 2 is 2.33 bits per heavy atom. The summed E-state index contributed by atoms with van der Waals surface area (Å²) in [5.41, 5.74) is -0.838. The molecule has 106 valence electrons. The van der Waals surface area contributed by atoms with Crippen molar-refractivity contribution >= 4 is 5.91 Å². The highest BCUT2D eigenvalue weighted by molar-refractivity contribution is 5.76. The molecule has 0 aromatic rings. The van der Waals surface area contributed by atoms with Crippen LogP contribution in [-0.4, -0.2) is 49.0 Å². The topological polar surface area (TPSA) is 70.6 Å². The highest BCUT2D eigenvalue weighted by atomic mass is 16.5. The molecular formula is C13H26N2O3. The van der Waals surface area contributed by atoms with Crippen molar-refractivity contribution in [2.75, 3.05) is 26.2 Å². The average Bonchev–Trinajstić information content (AvgIpc) is 2.26. The second-order valence-corrected chi connectivity index (χ2v) is 5.77. The number of hydrogen-bond acceptors (Lipinski definition) is 4. The largest absolute Gasteiger partial charge is 0.388 e. The Bertz CT molecular complexity index is 261. The molecule has 2 unspecified atom stereocenters. The Labute approximate surface area is 109 Å². The van der Waals surface area contributed by atoms with Gasteiger partial charge in [0.05, 0.1) is 24.7 Å². The van der Waals surface area contributed by atoms with E-state index in [0.29, 0.717) is 31.9 Å². The van der Waals surface area contributed by atoms with Crippen LogP contribution in [0, 0.1) is 5.92 Å². The van der Waals surface area contributed by atoms with Gasteiger partial charge in [-0.25, -0.2) is 0 Å². The lowest BCUT2D eigenvalue weighted by molar-refractivity contribution is -0.125. The number of hydrogen-bond donors (Lipinski definition) is 3. The maximum Gasteiger partial charge on any atom is 0.222 e. The summed E-state index contributed by atoms with van der Waals surface area (Å²) in [5.74, 6) is 0.343. The van der Waals surface area contributed by atoms with E-state index < -0.39 is 5.60 Å². The fourth-order valence-corrected chi connectivity index (χ4v) is 2.27. The molecular weight excluding hydrogens is 232 g/mol. The molecule has 1 saturated heterocycles. The van der Waals surface area contributed by atoms with Crippen LogP contribution in [0.3, 0.4) is 0 Å². The number of ether oxygens (including phenoxy) is 1. The van der Waals surface area contributed by atoms with Crippen LogP contribution in [0.15, 0.2) is 0 Å². The van der Waals surface area contributed by atoms with Crippen LogP contribution in [0.2, 0.25) is 0 Å². The predicted molar refractivity (Wildman–Crippen MR) is 70.3 cm³/mol. The van der Waals surface area contributed by atoms with E-state index >= 15 is 0 Å². The molecule has 1 rings (SSSR count). The second kappa shape index (κ2) is 7.07. The van der Waals surface area contributed by atoms with Crippen molar-refractivity contribution in [1.29, 1.82) is 0 Å². The Kier molecular flexibility index (Phi) is 6.05. The van der Waals surface area contributed by atoms with Crippen LogP contribution in [0.25, 0.3) is 0 Å². The third kappa shape index (κ3) is 6.33. The molecule has 0 bridgehead atoms. The highest BCUT2D eigenvalue weighted by Crippen LogP contribution is 2.15. The van der Waals surface area contributed by atoms with Crippen molar-refractivity contribution in [2.45, 2.75) is 45.3 Å². The second-order valence-electron chi connectivity index (χ2n) is 5.77. The number of carbonyl (C=O) groups excluding carboxylic acids is 1. The molecule has 0 saturated carbocycles. The van der Waals surface area contributed by atoms with E-state index in [0.717, 1.165) is 13.1 Å². The van der Waals surface area contributed by atoms with Crippen LogP contribution in [-0.2, 0) is 9.53 Å². The normalized spacial score (nSPS) is 23.7. The first-order valence-electron chi connectivity index (χ1n) is 6.70.